The molecule has 0 aliphatic carbocycles. The van der Waals surface area contributed by atoms with Gasteiger partial charge in [-0.25, -0.2) is 0 Å². The summed E-state index contributed by atoms with van der Waals surface area (Å²) in [5.41, 5.74) is 0.422. The number of nitro benzene ring substituents is 1. The van der Waals surface area contributed by atoms with E-state index in [-0.39, 0.29) is 11.8 Å². The van der Waals surface area contributed by atoms with Crippen molar-refractivity contribution in [3.8, 4) is 11.5 Å². The van der Waals surface area contributed by atoms with Gasteiger partial charge >= 0.3 is 0 Å². The zero-order valence-corrected chi connectivity index (χ0v) is 11.8. The van der Waals surface area contributed by atoms with Gasteiger partial charge in [-0.2, -0.15) is 0 Å². The van der Waals surface area contributed by atoms with Crippen LogP contribution >= 0.6 is 0 Å². The molecule has 0 fully saturated rings. The average Bonchev–Trinajstić information content (AvgIpc) is 2.36. The topological polar surface area (TPSA) is 70.8 Å². The smallest absolute Gasteiger partial charge is 0.279 e. The van der Waals surface area contributed by atoms with Gasteiger partial charge in [0.15, 0.2) is 11.5 Å². The molecule has 1 atom stereocenters. The van der Waals surface area contributed by atoms with E-state index in [2.05, 4.69) is 0 Å². The zero-order chi connectivity index (χ0) is 14.6. The number of nitro groups is 1. The van der Waals surface area contributed by atoms with Crippen molar-refractivity contribution in [2.45, 2.75) is 33.0 Å². The van der Waals surface area contributed by atoms with Gasteiger partial charge in [0.25, 0.3) is 5.69 Å². The number of hydrogen-bond acceptors (Lipinski definition) is 5. The molecular formula is C13H19NO5. The molecule has 0 N–H and O–H groups in total. The number of methoxy groups -OCH3 is 2. The second-order valence-electron chi connectivity index (χ2n) is 4.36. The average molecular weight is 269 g/mol. The molecule has 0 radical (unpaired) electrons. The first-order valence-electron chi connectivity index (χ1n) is 5.96. The van der Waals surface area contributed by atoms with Crippen molar-refractivity contribution in [3.63, 3.8) is 0 Å². The van der Waals surface area contributed by atoms with E-state index in [1.165, 1.54) is 20.3 Å². The third kappa shape index (κ3) is 3.57. The first-order chi connectivity index (χ1) is 8.90. The Morgan fingerprint density at radius 2 is 1.79 bits per heavy atom. The number of benzene rings is 1. The summed E-state index contributed by atoms with van der Waals surface area (Å²) in [5, 5.41) is 11.1. The fourth-order valence-corrected chi connectivity index (χ4v) is 1.68. The molecule has 0 aromatic heterocycles. The van der Waals surface area contributed by atoms with E-state index in [0.29, 0.717) is 17.1 Å². The Morgan fingerprint density at radius 3 is 2.21 bits per heavy atom. The molecule has 0 saturated heterocycles. The zero-order valence-electron chi connectivity index (χ0n) is 11.8. The lowest BCUT2D eigenvalue weighted by Gasteiger charge is -2.17. The summed E-state index contributed by atoms with van der Waals surface area (Å²) >= 11 is 0. The molecule has 1 unspecified atom stereocenters. The van der Waals surface area contributed by atoms with Crippen LogP contribution in [0.5, 0.6) is 11.5 Å². The second kappa shape index (κ2) is 6.38. The van der Waals surface area contributed by atoms with Crippen molar-refractivity contribution in [1.29, 1.82) is 0 Å². The Kier molecular flexibility index (Phi) is 5.11. The molecule has 1 aromatic rings. The molecular weight excluding hydrogens is 250 g/mol. The summed E-state index contributed by atoms with van der Waals surface area (Å²) in [7, 11) is 3.00. The first kappa shape index (κ1) is 15.2. The molecule has 6 nitrogen and oxygen atoms in total. The fraction of sp³-hybridized carbons (Fsp3) is 0.538. The molecule has 0 amide bonds. The van der Waals surface area contributed by atoms with Crippen molar-refractivity contribution in [1.82, 2.24) is 0 Å². The van der Waals surface area contributed by atoms with Crippen LogP contribution in [0, 0.1) is 10.1 Å². The Balaban J connectivity index is 3.37. The van der Waals surface area contributed by atoms with Gasteiger partial charge in [0.1, 0.15) is 0 Å². The van der Waals surface area contributed by atoms with Crippen LogP contribution in [0.2, 0.25) is 0 Å². The Hall–Kier alpha value is -1.82. The van der Waals surface area contributed by atoms with Crippen LogP contribution in [0.3, 0.4) is 0 Å². The molecule has 1 rings (SSSR count). The number of rotatable bonds is 6. The lowest BCUT2D eigenvalue weighted by molar-refractivity contribution is -0.386. The third-order valence-corrected chi connectivity index (χ3v) is 2.66. The van der Waals surface area contributed by atoms with Gasteiger partial charge in [-0.3, -0.25) is 10.1 Å². The van der Waals surface area contributed by atoms with E-state index >= 15 is 0 Å². The number of ether oxygens (including phenoxy) is 3. The first-order valence-corrected chi connectivity index (χ1v) is 5.96. The second-order valence-corrected chi connectivity index (χ2v) is 4.36. The number of nitrogens with zero attached hydrogens (tertiary/aromatic N) is 1. The molecule has 0 aliphatic rings. The van der Waals surface area contributed by atoms with Gasteiger partial charge in [0.2, 0.25) is 0 Å². The lowest BCUT2D eigenvalue weighted by Crippen LogP contribution is -2.09. The molecule has 1 aromatic carbocycles. The van der Waals surface area contributed by atoms with Gasteiger partial charge in [0.05, 0.1) is 35.9 Å². The van der Waals surface area contributed by atoms with E-state index in [1.54, 1.807) is 13.0 Å². The summed E-state index contributed by atoms with van der Waals surface area (Å²) in [6, 6.07) is 2.97. The molecule has 0 saturated carbocycles. The van der Waals surface area contributed by atoms with Crippen LogP contribution in [0.15, 0.2) is 12.1 Å². The van der Waals surface area contributed by atoms with Gasteiger partial charge < -0.3 is 14.2 Å². The minimum Gasteiger partial charge on any atom is -0.493 e. The summed E-state index contributed by atoms with van der Waals surface area (Å²) in [6.07, 6.45) is -0.499. The predicted octanol–water partition coefficient (Wildman–Crippen LogP) is 3.10. The maximum absolute atomic E-state index is 11.1. The summed E-state index contributed by atoms with van der Waals surface area (Å²) in [4.78, 5) is 10.7. The maximum Gasteiger partial charge on any atom is 0.279 e. The highest BCUT2D eigenvalue weighted by atomic mass is 16.6. The van der Waals surface area contributed by atoms with Gasteiger partial charge in [-0.1, -0.05) is 0 Å². The molecule has 0 heterocycles. The predicted molar refractivity (Wildman–Crippen MR) is 70.8 cm³/mol. The summed E-state index contributed by atoms with van der Waals surface area (Å²) in [6.45, 7) is 5.43. The molecule has 0 bridgehead atoms. The minimum atomic E-state index is -0.447. The largest absolute Gasteiger partial charge is 0.493 e. The molecule has 19 heavy (non-hydrogen) atoms. The van der Waals surface area contributed by atoms with Gasteiger partial charge in [-0.05, 0) is 26.8 Å². The normalized spacial score (nSPS) is 12.3. The van der Waals surface area contributed by atoms with E-state index in [9.17, 15) is 10.1 Å². The number of hydrogen-bond donors (Lipinski definition) is 0. The third-order valence-electron chi connectivity index (χ3n) is 2.66. The fourth-order valence-electron chi connectivity index (χ4n) is 1.68. The Morgan fingerprint density at radius 1 is 1.16 bits per heavy atom. The highest BCUT2D eigenvalue weighted by molar-refractivity contribution is 5.55. The van der Waals surface area contributed by atoms with Gasteiger partial charge in [0, 0.05) is 7.11 Å². The van der Waals surface area contributed by atoms with Crippen LogP contribution in [-0.2, 0) is 4.74 Å². The van der Waals surface area contributed by atoms with Crippen LogP contribution in [0.1, 0.15) is 32.4 Å². The molecule has 106 valence electrons. The van der Waals surface area contributed by atoms with Crippen molar-refractivity contribution in [2.24, 2.45) is 0 Å². The SMILES string of the molecule is COc1cc(C(C)OC)c([N+](=O)[O-])cc1OC(C)C. The monoisotopic (exact) mass is 269 g/mol. The highest BCUT2D eigenvalue weighted by Crippen LogP contribution is 2.38. The van der Waals surface area contributed by atoms with Crippen LogP contribution in [-0.4, -0.2) is 25.2 Å². The summed E-state index contributed by atoms with van der Waals surface area (Å²) in [5.74, 6) is 0.814. The van der Waals surface area contributed by atoms with Gasteiger partial charge in [-0.15, -0.1) is 0 Å². The molecule has 0 spiro atoms. The standard InChI is InChI=1S/C13H19NO5/c1-8(2)19-13-7-11(14(15)16)10(9(3)17-4)6-12(13)18-5/h6-9H,1-5H3. The quantitative estimate of drug-likeness (QED) is 0.586. The molecule has 6 heteroatoms. The van der Waals surface area contributed by atoms with Crippen LogP contribution < -0.4 is 9.47 Å². The lowest BCUT2D eigenvalue weighted by atomic mass is 10.1. The van der Waals surface area contributed by atoms with E-state index in [4.69, 9.17) is 14.2 Å². The maximum atomic E-state index is 11.1. The van der Waals surface area contributed by atoms with Crippen molar-refractivity contribution in [3.05, 3.63) is 27.8 Å². The van der Waals surface area contributed by atoms with E-state index < -0.39 is 11.0 Å². The Bertz CT molecular complexity index is 459. The van der Waals surface area contributed by atoms with Crippen molar-refractivity contribution in [2.75, 3.05) is 14.2 Å². The van der Waals surface area contributed by atoms with Crippen LogP contribution in [0.4, 0.5) is 5.69 Å². The molecule has 0 aliphatic heterocycles. The highest BCUT2D eigenvalue weighted by Gasteiger charge is 2.23. The Labute approximate surface area is 112 Å². The van der Waals surface area contributed by atoms with E-state index in [1.807, 2.05) is 13.8 Å². The van der Waals surface area contributed by atoms with Crippen LogP contribution in [0.25, 0.3) is 0 Å². The summed E-state index contributed by atoms with van der Waals surface area (Å²) < 4.78 is 15.9. The minimum absolute atomic E-state index is 0.0363. The van der Waals surface area contributed by atoms with Crippen molar-refractivity contribution < 1.29 is 19.1 Å². The van der Waals surface area contributed by atoms with Crippen molar-refractivity contribution >= 4 is 5.69 Å². The van der Waals surface area contributed by atoms with E-state index in [0.717, 1.165) is 0 Å².